The van der Waals surface area contributed by atoms with Gasteiger partial charge in [0.1, 0.15) is 0 Å². The number of unbranched alkanes of at least 4 members (excludes halogenated alkanes) is 1. The van der Waals surface area contributed by atoms with Crippen molar-refractivity contribution >= 4 is 0 Å². The van der Waals surface area contributed by atoms with Crippen molar-refractivity contribution in [2.24, 2.45) is 5.73 Å². The average molecular weight is 237 g/mol. The van der Waals surface area contributed by atoms with Gasteiger partial charge in [-0.15, -0.1) is 0 Å². The molecule has 2 atom stereocenters. The van der Waals surface area contributed by atoms with Crippen molar-refractivity contribution in [2.45, 2.75) is 70.3 Å². The van der Waals surface area contributed by atoms with Crippen molar-refractivity contribution in [3.63, 3.8) is 0 Å². The highest BCUT2D eigenvalue weighted by Gasteiger charge is 2.26. The van der Waals surface area contributed by atoms with Crippen molar-refractivity contribution in [1.82, 2.24) is 10.1 Å². The third-order valence-corrected chi connectivity index (χ3v) is 3.62. The monoisotopic (exact) mass is 237 g/mol. The maximum absolute atomic E-state index is 6.19. The summed E-state index contributed by atoms with van der Waals surface area (Å²) in [6, 6.07) is 0.192. The van der Waals surface area contributed by atoms with Crippen LogP contribution in [0.3, 0.4) is 0 Å². The summed E-state index contributed by atoms with van der Waals surface area (Å²) in [6.45, 7) is 2.17. The fourth-order valence-corrected chi connectivity index (χ4v) is 2.50. The Balaban J connectivity index is 2.01. The molecule has 4 heteroatoms. The van der Waals surface area contributed by atoms with E-state index in [1.807, 2.05) is 0 Å². The van der Waals surface area contributed by atoms with Gasteiger partial charge in [0.15, 0.2) is 5.82 Å². The topological polar surface area (TPSA) is 64.9 Å². The maximum atomic E-state index is 6.19. The summed E-state index contributed by atoms with van der Waals surface area (Å²) in [5.74, 6) is 1.89. The van der Waals surface area contributed by atoms with Gasteiger partial charge in [0.25, 0.3) is 0 Å². The molecule has 1 aliphatic rings. The smallest absolute Gasteiger partial charge is 0.231 e. The van der Waals surface area contributed by atoms with E-state index in [1.165, 1.54) is 19.3 Å². The SMILES string of the molecule is CCCCc1noc(C2CCCCCC2N)n1. The van der Waals surface area contributed by atoms with Crippen LogP contribution in [0.4, 0.5) is 0 Å². The molecule has 0 amide bonds. The van der Waals surface area contributed by atoms with E-state index in [1.54, 1.807) is 0 Å². The predicted molar refractivity (Wildman–Crippen MR) is 66.7 cm³/mol. The number of rotatable bonds is 4. The van der Waals surface area contributed by atoms with Crippen molar-refractivity contribution in [2.75, 3.05) is 0 Å². The van der Waals surface area contributed by atoms with Gasteiger partial charge in [-0.2, -0.15) is 4.98 Å². The predicted octanol–water partition coefficient (Wildman–Crippen LogP) is 2.79. The Hall–Kier alpha value is -0.900. The molecule has 2 rings (SSSR count). The lowest BCUT2D eigenvalue weighted by atomic mass is 9.95. The molecule has 0 aromatic carbocycles. The summed E-state index contributed by atoms with van der Waals surface area (Å²) in [5, 5.41) is 4.05. The van der Waals surface area contributed by atoms with Crippen LogP contribution in [0.15, 0.2) is 4.52 Å². The lowest BCUT2D eigenvalue weighted by Gasteiger charge is -2.16. The highest BCUT2D eigenvalue weighted by molar-refractivity contribution is 4.99. The number of nitrogens with two attached hydrogens (primary N) is 1. The number of aromatic nitrogens is 2. The minimum atomic E-state index is 0.192. The van der Waals surface area contributed by atoms with Gasteiger partial charge in [0, 0.05) is 12.5 Å². The van der Waals surface area contributed by atoms with Gasteiger partial charge in [0.05, 0.1) is 5.92 Å². The first kappa shape index (κ1) is 12.6. The number of aryl methyl sites for hydroxylation is 1. The van der Waals surface area contributed by atoms with Gasteiger partial charge in [-0.3, -0.25) is 0 Å². The second kappa shape index (κ2) is 6.15. The van der Waals surface area contributed by atoms with Crippen LogP contribution in [-0.4, -0.2) is 16.2 Å². The van der Waals surface area contributed by atoms with E-state index in [9.17, 15) is 0 Å². The van der Waals surface area contributed by atoms with Crippen molar-refractivity contribution in [1.29, 1.82) is 0 Å². The molecule has 0 spiro atoms. The van der Waals surface area contributed by atoms with Crippen molar-refractivity contribution in [3.8, 4) is 0 Å². The average Bonchev–Trinajstić information content (AvgIpc) is 2.69. The van der Waals surface area contributed by atoms with Crippen LogP contribution in [0.25, 0.3) is 0 Å². The first-order valence-electron chi connectivity index (χ1n) is 6.89. The minimum absolute atomic E-state index is 0.192. The molecule has 4 nitrogen and oxygen atoms in total. The molecule has 1 aliphatic carbocycles. The zero-order chi connectivity index (χ0) is 12.1. The van der Waals surface area contributed by atoms with Crippen LogP contribution in [0, 0.1) is 0 Å². The van der Waals surface area contributed by atoms with E-state index in [4.69, 9.17) is 10.3 Å². The van der Waals surface area contributed by atoms with Gasteiger partial charge in [-0.25, -0.2) is 0 Å². The van der Waals surface area contributed by atoms with E-state index in [0.29, 0.717) is 0 Å². The highest BCUT2D eigenvalue weighted by atomic mass is 16.5. The van der Waals surface area contributed by atoms with E-state index in [-0.39, 0.29) is 12.0 Å². The van der Waals surface area contributed by atoms with Crippen LogP contribution in [0.5, 0.6) is 0 Å². The summed E-state index contributed by atoms with van der Waals surface area (Å²) in [5.41, 5.74) is 6.19. The van der Waals surface area contributed by atoms with Crippen LogP contribution in [0.1, 0.15) is 69.5 Å². The zero-order valence-corrected chi connectivity index (χ0v) is 10.7. The molecule has 17 heavy (non-hydrogen) atoms. The Bertz CT molecular complexity index is 337. The first-order valence-corrected chi connectivity index (χ1v) is 6.89. The molecular weight excluding hydrogens is 214 g/mol. The molecule has 2 unspecified atom stereocenters. The summed E-state index contributed by atoms with van der Waals surface area (Å²) in [7, 11) is 0. The molecule has 0 saturated heterocycles. The Morgan fingerprint density at radius 2 is 2.12 bits per heavy atom. The van der Waals surface area contributed by atoms with Crippen LogP contribution in [-0.2, 0) is 6.42 Å². The fourth-order valence-electron chi connectivity index (χ4n) is 2.50. The zero-order valence-electron chi connectivity index (χ0n) is 10.7. The summed E-state index contributed by atoms with van der Waals surface area (Å²) < 4.78 is 5.39. The third kappa shape index (κ3) is 3.28. The van der Waals surface area contributed by atoms with Crippen molar-refractivity contribution in [3.05, 3.63) is 11.7 Å². The molecule has 0 bridgehead atoms. The Morgan fingerprint density at radius 1 is 1.29 bits per heavy atom. The molecule has 0 aliphatic heterocycles. The van der Waals surface area contributed by atoms with E-state index in [2.05, 4.69) is 17.1 Å². The van der Waals surface area contributed by atoms with E-state index >= 15 is 0 Å². The molecule has 96 valence electrons. The fraction of sp³-hybridized carbons (Fsp3) is 0.846. The summed E-state index contributed by atoms with van der Waals surface area (Å²) in [6.07, 6.45) is 9.11. The summed E-state index contributed by atoms with van der Waals surface area (Å²) in [4.78, 5) is 4.51. The van der Waals surface area contributed by atoms with Crippen LogP contribution >= 0.6 is 0 Å². The van der Waals surface area contributed by atoms with Crippen molar-refractivity contribution < 1.29 is 4.52 Å². The molecule has 1 aromatic heterocycles. The number of hydrogen-bond donors (Lipinski definition) is 1. The summed E-state index contributed by atoms with van der Waals surface area (Å²) >= 11 is 0. The maximum Gasteiger partial charge on any atom is 0.231 e. The Morgan fingerprint density at radius 3 is 2.94 bits per heavy atom. The molecule has 1 heterocycles. The van der Waals surface area contributed by atoms with Gasteiger partial charge in [0.2, 0.25) is 5.89 Å². The molecule has 1 saturated carbocycles. The van der Waals surface area contributed by atoms with Gasteiger partial charge >= 0.3 is 0 Å². The Labute approximate surface area is 103 Å². The molecule has 0 radical (unpaired) electrons. The molecule has 2 N–H and O–H groups in total. The molecule has 1 fully saturated rings. The Kier molecular flexibility index (Phi) is 4.54. The quantitative estimate of drug-likeness (QED) is 0.818. The van der Waals surface area contributed by atoms with Crippen LogP contribution in [0.2, 0.25) is 0 Å². The van der Waals surface area contributed by atoms with Gasteiger partial charge in [-0.05, 0) is 19.3 Å². The standard InChI is InChI=1S/C13H23N3O/c1-2-3-9-12-15-13(17-16-12)10-7-5-4-6-8-11(10)14/h10-11H,2-9,14H2,1H3. The minimum Gasteiger partial charge on any atom is -0.339 e. The normalized spacial score (nSPS) is 25.8. The van der Waals surface area contributed by atoms with E-state index in [0.717, 1.165) is 43.8 Å². The number of hydrogen-bond acceptors (Lipinski definition) is 4. The second-order valence-electron chi connectivity index (χ2n) is 5.06. The van der Waals surface area contributed by atoms with Crippen LogP contribution < -0.4 is 5.73 Å². The van der Waals surface area contributed by atoms with E-state index < -0.39 is 0 Å². The second-order valence-corrected chi connectivity index (χ2v) is 5.06. The lowest BCUT2D eigenvalue weighted by molar-refractivity contribution is 0.323. The number of nitrogens with zero attached hydrogens (tertiary/aromatic N) is 2. The van der Waals surface area contributed by atoms with Gasteiger partial charge < -0.3 is 10.3 Å². The largest absolute Gasteiger partial charge is 0.339 e. The molecule has 1 aromatic rings. The van der Waals surface area contributed by atoms with Gasteiger partial charge in [-0.1, -0.05) is 37.8 Å². The first-order chi connectivity index (χ1) is 8.31. The third-order valence-electron chi connectivity index (χ3n) is 3.62. The molecular formula is C13H23N3O. The lowest BCUT2D eigenvalue weighted by Crippen LogP contribution is -2.27. The highest BCUT2D eigenvalue weighted by Crippen LogP contribution is 2.29.